The van der Waals surface area contributed by atoms with E-state index in [-0.39, 0.29) is 23.9 Å². The number of benzene rings is 1. The van der Waals surface area contributed by atoms with E-state index in [1.54, 1.807) is 19.2 Å². The van der Waals surface area contributed by atoms with Gasteiger partial charge in [0.2, 0.25) is 11.2 Å². The van der Waals surface area contributed by atoms with E-state index in [1.807, 2.05) is 6.07 Å². The first kappa shape index (κ1) is 32.2. The second kappa shape index (κ2) is 15.6. The van der Waals surface area contributed by atoms with E-state index in [9.17, 15) is 18.8 Å². The molecular formula is C31H38FN3O5. The quantitative estimate of drug-likeness (QED) is 0.446. The van der Waals surface area contributed by atoms with Crippen molar-refractivity contribution in [2.45, 2.75) is 52.6 Å². The SMILES string of the molecule is C#C.CC(=O)Oc1c(C(=O)N2CCOC[C@H]2N)n(C)ccc1=O.CCc1cccc(F)c1CC1=C(C)CCC=C1. The van der Waals surface area contributed by atoms with Crippen LogP contribution in [0.15, 0.2) is 58.6 Å². The molecule has 214 valence electrons. The number of terminal acetylenes is 1. The number of allylic oxidation sites excluding steroid dienone is 4. The predicted octanol–water partition coefficient (Wildman–Crippen LogP) is 3.91. The molecule has 1 aliphatic heterocycles. The Labute approximate surface area is 235 Å². The van der Waals surface area contributed by atoms with E-state index in [2.05, 4.69) is 38.8 Å². The summed E-state index contributed by atoms with van der Waals surface area (Å²) in [6.45, 7) is 6.30. The van der Waals surface area contributed by atoms with Crippen LogP contribution in [-0.4, -0.2) is 47.3 Å². The molecule has 9 heteroatoms. The molecule has 1 aromatic heterocycles. The summed E-state index contributed by atoms with van der Waals surface area (Å²) in [6, 6.07) is 6.63. The molecule has 0 unspecified atom stereocenters. The number of nitrogens with two attached hydrogens (primary N) is 1. The highest BCUT2D eigenvalue weighted by atomic mass is 19.1. The summed E-state index contributed by atoms with van der Waals surface area (Å²) in [5.74, 6) is -1.49. The number of rotatable bonds is 5. The zero-order chi connectivity index (χ0) is 29.8. The minimum atomic E-state index is -0.668. The number of hydrogen-bond donors (Lipinski definition) is 1. The molecule has 2 aliphatic rings. The monoisotopic (exact) mass is 551 g/mol. The normalized spacial score (nSPS) is 16.3. The Morgan fingerprint density at radius 3 is 2.60 bits per heavy atom. The van der Waals surface area contributed by atoms with Crippen molar-refractivity contribution < 1.29 is 23.5 Å². The van der Waals surface area contributed by atoms with Gasteiger partial charge >= 0.3 is 5.97 Å². The summed E-state index contributed by atoms with van der Waals surface area (Å²) in [7, 11) is 1.59. The van der Waals surface area contributed by atoms with Gasteiger partial charge in [-0.25, -0.2) is 4.39 Å². The van der Waals surface area contributed by atoms with Crippen LogP contribution in [0.1, 0.15) is 55.2 Å². The predicted molar refractivity (Wildman–Crippen MR) is 153 cm³/mol. The molecule has 0 radical (unpaired) electrons. The fourth-order valence-electron chi connectivity index (χ4n) is 4.47. The van der Waals surface area contributed by atoms with E-state index in [4.69, 9.17) is 15.2 Å². The molecule has 1 amide bonds. The number of carbonyl (C=O) groups is 2. The molecule has 2 aromatic rings. The third-order valence-electron chi connectivity index (χ3n) is 6.63. The van der Waals surface area contributed by atoms with Crippen LogP contribution in [0.3, 0.4) is 0 Å². The molecule has 1 aliphatic carbocycles. The highest BCUT2D eigenvalue weighted by Gasteiger charge is 2.30. The lowest BCUT2D eigenvalue weighted by atomic mass is 9.91. The van der Waals surface area contributed by atoms with Crippen molar-refractivity contribution in [3.63, 3.8) is 0 Å². The van der Waals surface area contributed by atoms with Crippen molar-refractivity contribution in [1.82, 2.24) is 9.47 Å². The van der Waals surface area contributed by atoms with Crippen LogP contribution in [0, 0.1) is 18.7 Å². The van der Waals surface area contributed by atoms with E-state index in [0.717, 1.165) is 36.8 Å². The summed E-state index contributed by atoms with van der Waals surface area (Å²) in [5, 5.41) is 0. The topological polar surface area (TPSA) is 104 Å². The van der Waals surface area contributed by atoms with Crippen LogP contribution in [0.25, 0.3) is 0 Å². The van der Waals surface area contributed by atoms with E-state index in [0.29, 0.717) is 13.2 Å². The number of amides is 1. The second-order valence-corrected chi connectivity index (χ2v) is 9.36. The fourth-order valence-corrected chi connectivity index (χ4v) is 4.47. The third kappa shape index (κ3) is 8.25. The van der Waals surface area contributed by atoms with Crippen molar-refractivity contribution in [2.75, 3.05) is 19.8 Å². The maximum absolute atomic E-state index is 13.9. The average molecular weight is 552 g/mol. The molecule has 1 fully saturated rings. The first-order valence-corrected chi connectivity index (χ1v) is 13.1. The number of nitrogens with zero attached hydrogens (tertiary/aromatic N) is 2. The molecule has 0 saturated carbocycles. The number of hydrogen-bond acceptors (Lipinski definition) is 6. The van der Waals surface area contributed by atoms with E-state index >= 15 is 0 Å². The summed E-state index contributed by atoms with van der Waals surface area (Å²) in [6.07, 6.45) is 17.0. The number of halogens is 1. The van der Waals surface area contributed by atoms with E-state index < -0.39 is 23.5 Å². The standard InChI is InChI=1S/C16H19F.C13H17N3O5.C2H2/c1-3-13-9-6-10-16(17)15(13)11-14-8-5-4-7-12(14)2;1-8(17)21-12-9(18)3-4-15(2)11(12)13(19)16-5-6-20-7-10(16)14;1-2/h5-6,8-10H,3-4,7,11H2,1-2H3;3-4,10H,5-7,14H2,1-2H3;1-2H/t;10-;/m.0./s1. The van der Waals surface area contributed by atoms with Gasteiger partial charge < -0.3 is 24.7 Å². The molecular weight excluding hydrogens is 513 g/mol. The Morgan fingerprint density at radius 1 is 1.25 bits per heavy atom. The number of morpholine rings is 1. The van der Waals surface area contributed by atoms with Gasteiger partial charge in [0, 0.05) is 39.2 Å². The first-order chi connectivity index (χ1) is 19.1. The smallest absolute Gasteiger partial charge is 0.308 e. The number of aryl methyl sites for hydroxylation is 2. The lowest BCUT2D eigenvalue weighted by Crippen LogP contribution is -2.54. The van der Waals surface area contributed by atoms with Crippen molar-refractivity contribution in [3.8, 4) is 18.6 Å². The van der Waals surface area contributed by atoms with Crippen LogP contribution in [-0.2, 0) is 29.4 Å². The van der Waals surface area contributed by atoms with Gasteiger partial charge in [0.1, 0.15) is 12.0 Å². The number of esters is 1. The highest BCUT2D eigenvalue weighted by molar-refractivity contribution is 5.96. The van der Waals surface area contributed by atoms with Gasteiger partial charge in [-0.05, 0) is 49.0 Å². The van der Waals surface area contributed by atoms with Crippen molar-refractivity contribution in [2.24, 2.45) is 12.8 Å². The lowest BCUT2D eigenvalue weighted by Gasteiger charge is -2.33. The van der Waals surface area contributed by atoms with Crippen molar-refractivity contribution >= 4 is 11.9 Å². The molecule has 4 rings (SSSR count). The largest absolute Gasteiger partial charge is 0.420 e. The van der Waals surface area contributed by atoms with Crippen LogP contribution < -0.4 is 15.9 Å². The van der Waals surface area contributed by atoms with Crippen LogP contribution >= 0.6 is 0 Å². The Hall–Kier alpha value is -4.00. The van der Waals surface area contributed by atoms with Crippen molar-refractivity contribution in [1.29, 1.82) is 0 Å². The van der Waals surface area contributed by atoms with Gasteiger partial charge in [0.25, 0.3) is 5.91 Å². The summed E-state index contributed by atoms with van der Waals surface area (Å²) in [5.41, 5.74) is 9.99. The Balaban J connectivity index is 0.000000269. The van der Waals surface area contributed by atoms with Gasteiger partial charge in [-0.3, -0.25) is 14.4 Å². The van der Waals surface area contributed by atoms with Crippen LogP contribution in [0.4, 0.5) is 4.39 Å². The average Bonchev–Trinajstić information content (AvgIpc) is 2.94. The molecule has 0 spiro atoms. The molecule has 2 heterocycles. The molecule has 1 atom stereocenters. The molecule has 1 aromatic carbocycles. The zero-order valence-electron chi connectivity index (χ0n) is 23.6. The zero-order valence-corrected chi connectivity index (χ0v) is 23.6. The number of aromatic nitrogens is 1. The minimum Gasteiger partial charge on any atom is -0.420 e. The van der Waals surface area contributed by atoms with Gasteiger partial charge in [-0.2, -0.15) is 0 Å². The minimum absolute atomic E-state index is 0.00458. The van der Waals surface area contributed by atoms with Gasteiger partial charge in [0.05, 0.1) is 13.2 Å². The fraction of sp³-hybridized carbons (Fsp3) is 0.387. The molecule has 8 nitrogen and oxygen atoms in total. The van der Waals surface area contributed by atoms with Gasteiger partial charge in [-0.15, -0.1) is 12.8 Å². The molecule has 40 heavy (non-hydrogen) atoms. The first-order valence-electron chi connectivity index (χ1n) is 13.1. The van der Waals surface area contributed by atoms with E-state index in [1.165, 1.54) is 39.8 Å². The molecule has 1 saturated heterocycles. The van der Waals surface area contributed by atoms with Crippen LogP contribution in [0.2, 0.25) is 0 Å². The summed E-state index contributed by atoms with van der Waals surface area (Å²) in [4.78, 5) is 37.1. The maximum atomic E-state index is 13.9. The van der Waals surface area contributed by atoms with Gasteiger partial charge in [0.15, 0.2) is 5.69 Å². The van der Waals surface area contributed by atoms with Gasteiger partial charge in [-0.1, -0.05) is 36.8 Å². The molecule has 0 bridgehead atoms. The number of pyridine rings is 1. The van der Waals surface area contributed by atoms with Crippen LogP contribution in [0.5, 0.6) is 5.75 Å². The van der Waals surface area contributed by atoms with Crippen molar-refractivity contribution in [3.05, 3.63) is 86.6 Å². The maximum Gasteiger partial charge on any atom is 0.308 e. The Kier molecular flexibility index (Phi) is 12.5. The summed E-state index contributed by atoms with van der Waals surface area (Å²) >= 11 is 0. The molecule has 2 N–H and O–H groups in total. The third-order valence-corrected chi connectivity index (χ3v) is 6.63. The number of carbonyl (C=O) groups excluding carboxylic acids is 2. The Bertz CT molecular complexity index is 1340. The second-order valence-electron chi connectivity index (χ2n) is 9.36. The Morgan fingerprint density at radius 2 is 1.98 bits per heavy atom. The number of ether oxygens (including phenoxy) is 2. The summed E-state index contributed by atoms with van der Waals surface area (Å²) < 4.78 is 25.4. The lowest BCUT2D eigenvalue weighted by molar-refractivity contribution is -0.132. The highest BCUT2D eigenvalue weighted by Crippen LogP contribution is 2.25.